The molecule has 1 aliphatic rings. The first kappa shape index (κ1) is 22.8. The number of aliphatic hydroxyl groups is 2. The number of carbonyl (C=O) groups is 2. The van der Waals surface area contributed by atoms with Gasteiger partial charge in [-0.25, -0.2) is 0 Å². The first-order valence-corrected chi connectivity index (χ1v) is 10.5. The van der Waals surface area contributed by atoms with Crippen molar-refractivity contribution in [3.8, 4) is 0 Å². The van der Waals surface area contributed by atoms with Gasteiger partial charge >= 0.3 is 0 Å². The number of nitrogens with one attached hydrogen (secondary N) is 2. The highest BCUT2D eigenvalue weighted by atomic mass is 16.5. The molecule has 3 aromatic carbocycles. The van der Waals surface area contributed by atoms with Gasteiger partial charge in [0.15, 0.2) is 0 Å². The van der Waals surface area contributed by atoms with Gasteiger partial charge in [-0.2, -0.15) is 0 Å². The molecule has 0 bridgehead atoms. The fraction of sp³-hybridized carbons (Fsp3) is 0.0769. The Bertz CT molecular complexity index is 1310. The highest BCUT2D eigenvalue weighted by Gasteiger charge is 2.34. The second-order valence-corrected chi connectivity index (χ2v) is 7.98. The molecular formula is C26H24N4O4. The highest BCUT2D eigenvalue weighted by Crippen LogP contribution is 2.28. The van der Waals surface area contributed by atoms with Crippen LogP contribution in [-0.2, 0) is 0 Å². The van der Waals surface area contributed by atoms with Gasteiger partial charge in [0.05, 0.1) is 0 Å². The molecule has 0 spiro atoms. The van der Waals surface area contributed by atoms with E-state index in [0.29, 0.717) is 39.3 Å². The van der Waals surface area contributed by atoms with E-state index in [-0.39, 0.29) is 5.91 Å². The van der Waals surface area contributed by atoms with E-state index in [4.69, 9.17) is 11.5 Å². The summed E-state index contributed by atoms with van der Waals surface area (Å²) in [6.07, 6.45) is 4.29. The number of rotatable bonds is 5. The normalized spacial score (nSPS) is 16.4. The third-order valence-corrected chi connectivity index (χ3v) is 5.35. The molecule has 2 amide bonds. The minimum atomic E-state index is -2.28. The third kappa shape index (κ3) is 5.15. The number of hydrogen-bond acceptors (Lipinski definition) is 6. The Kier molecular flexibility index (Phi) is 6.18. The zero-order valence-electron chi connectivity index (χ0n) is 18.1. The van der Waals surface area contributed by atoms with Crippen LogP contribution in [0.2, 0.25) is 0 Å². The highest BCUT2D eigenvalue weighted by molar-refractivity contribution is 6.05. The van der Waals surface area contributed by atoms with Gasteiger partial charge in [0.25, 0.3) is 11.8 Å². The van der Waals surface area contributed by atoms with Gasteiger partial charge in [0, 0.05) is 28.2 Å². The van der Waals surface area contributed by atoms with Crippen molar-refractivity contribution in [2.24, 2.45) is 0 Å². The summed E-state index contributed by atoms with van der Waals surface area (Å²) in [5.74, 6) is -3.09. The van der Waals surface area contributed by atoms with Gasteiger partial charge in [0.1, 0.15) is 6.04 Å². The van der Waals surface area contributed by atoms with Crippen LogP contribution in [0.5, 0.6) is 0 Å². The minimum absolute atomic E-state index is 0.298. The van der Waals surface area contributed by atoms with E-state index in [2.05, 4.69) is 10.6 Å². The van der Waals surface area contributed by atoms with Gasteiger partial charge < -0.3 is 32.3 Å². The van der Waals surface area contributed by atoms with E-state index in [1.807, 2.05) is 6.07 Å². The molecule has 0 aromatic heterocycles. The number of benzene rings is 3. The predicted octanol–water partition coefficient (Wildman–Crippen LogP) is 2.54. The van der Waals surface area contributed by atoms with E-state index in [9.17, 15) is 19.8 Å². The molecule has 34 heavy (non-hydrogen) atoms. The first-order valence-electron chi connectivity index (χ1n) is 10.5. The Labute approximate surface area is 196 Å². The largest absolute Gasteiger partial charge is 0.399 e. The van der Waals surface area contributed by atoms with Crippen molar-refractivity contribution in [2.45, 2.75) is 11.8 Å². The smallest absolute Gasteiger partial charge is 0.255 e. The molecule has 1 unspecified atom stereocenters. The van der Waals surface area contributed by atoms with Crippen LogP contribution in [0.1, 0.15) is 26.3 Å². The molecule has 4 rings (SSSR count). The summed E-state index contributed by atoms with van der Waals surface area (Å²) in [5, 5.41) is 26.2. The van der Waals surface area contributed by atoms with Gasteiger partial charge in [-0.1, -0.05) is 30.3 Å². The zero-order chi connectivity index (χ0) is 24.3. The molecule has 0 aliphatic heterocycles. The van der Waals surface area contributed by atoms with Gasteiger partial charge in [0.2, 0.25) is 5.79 Å². The van der Waals surface area contributed by atoms with Crippen molar-refractivity contribution in [3.05, 3.63) is 108 Å². The second kappa shape index (κ2) is 9.22. The Morgan fingerprint density at radius 1 is 0.824 bits per heavy atom. The summed E-state index contributed by atoms with van der Waals surface area (Å²) in [7, 11) is 0. The topological polar surface area (TPSA) is 151 Å². The Morgan fingerprint density at radius 3 is 2.09 bits per heavy atom. The quantitative estimate of drug-likeness (QED) is 0.256. The molecule has 0 saturated carbocycles. The molecule has 0 saturated heterocycles. The van der Waals surface area contributed by atoms with Crippen molar-refractivity contribution in [1.82, 2.24) is 5.32 Å². The second-order valence-electron chi connectivity index (χ2n) is 7.98. The van der Waals surface area contributed by atoms with Crippen LogP contribution in [0.3, 0.4) is 0 Å². The SMILES string of the molecule is Nc1cccc(C(=O)Nc2cccc(C3=CC(NC(=O)c4cccc(N)c4)C(O)(O)C=C3)c2)c1. The van der Waals surface area contributed by atoms with Crippen LogP contribution >= 0.6 is 0 Å². The molecule has 0 fully saturated rings. The molecule has 0 radical (unpaired) electrons. The van der Waals surface area contributed by atoms with Crippen molar-refractivity contribution in [1.29, 1.82) is 0 Å². The minimum Gasteiger partial charge on any atom is -0.399 e. The van der Waals surface area contributed by atoms with Crippen molar-refractivity contribution in [3.63, 3.8) is 0 Å². The number of hydrogen-bond donors (Lipinski definition) is 6. The number of anilines is 3. The third-order valence-electron chi connectivity index (χ3n) is 5.35. The molecule has 1 aliphatic carbocycles. The zero-order valence-corrected chi connectivity index (χ0v) is 18.1. The molecular weight excluding hydrogens is 432 g/mol. The van der Waals surface area contributed by atoms with Gasteiger partial charge in [-0.3, -0.25) is 9.59 Å². The summed E-state index contributed by atoms with van der Waals surface area (Å²) in [6, 6.07) is 19.0. The van der Waals surface area contributed by atoms with Crippen LogP contribution < -0.4 is 22.1 Å². The number of carbonyl (C=O) groups excluding carboxylic acids is 2. The predicted molar refractivity (Wildman–Crippen MR) is 132 cm³/mol. The molecule has 1 atom stereocenters. The van der Waals surface area contributed by atoms with E-state index < -0.39 is 17.7 Å². The van der Waals surface area contributed by atoms with Crippen molar-refractivity contribution >= 4 is 34.4 Å². The fourth-order valence-electron chi connectivity index (χ4n) is 3.58. The molecule has 8 heteroatoms. The molecule has 172 valence electrons. The van der Waals surface area contributed by atoms with Crippen LogP contribution in [0, 0.1) is 0 Å². The summed E-state index contributed by atoms with van der Waals surface area (Å²) < 4.78 is 0. The Balaban J connectivity index is 1.55. The lowest BCUT2D eigenvalue weighted by Gasteiger charge is -2.30. The lowest BCUT2D eigenvalue weighted by Crippen LogP contribution is -2.51. The van der Waals surface area contributed by atoms with Gasteiger partial charge in [-0.15, -0.1) is 0 Å². The maximum atomic E-state index is 12.6. The summed E-state index contributed by atoms with van der Waals surface area (Å²) in [5.41, 5.74) is 15.0. The molecule has 8 nitrogen and oxygen atoms in total. The summed E-state index contributed by atoms with van der Waals surface area (Å²) >= 11 is 0. The van der Waals surface area contributed by atoms with Crippen molar-refractivity contribution < 1.29 is 19.8 Å². The molecule has 0 heterocycles. The lowest BCUT2D eigenvalue weighted by molar-refractivity contribution is -0.130. The van der Waals surface area contributed by atoms with Gasteiger partial charge in [-0.05, 0) is 71.8 Å². The van der Waals surface area contributed by atoms with Crippen molar-refractivity contribution in [2.75, 3.05) is 16.8 Å². The van der Waals surface area contributed by atoms with Crippen LogP contribution in [0.15, 0.2) is 91.0 Å². The van der Waals surface area contributed by atoms with E-state index in [1.54, 1.807) is 72.8 Å². The average molecular weight is 457 g/mol. The lowest BCUT2D eigenvalue weighted by atomic mass is 9.92. The number of amides is 2. The van der Waals surface area contributed by atoms with Crippen LogP contribution in [-0.4, -0.2) is 33.9 Å². The monoisotopic (exact) mass is 456 g/mol. The standard InChI is InChI=1S/C26H24N4O4/c27-20-7-1-5-18(12-20)24(31)29-22-9-3-4-16(14-22)17-10-11-26(33,34)23(15-17)30-25(32)19-6-2-8-21(28)13-19/h1-15,23,33-34H,27-28H2,(H,29,31)(H,30,32). The maximum Gasteiger partial charge on any atom is 0.255 e. The van der Waals surface area contributed by atoms with Crippen LogP contribution in [0.25, 0.3) is 5.57 Å². The average Bonchev–Trinajstić information content (AvgIpc) is 2.80. The summed E-state index contributed by atoms with van der Waals surface area (Å²) in [6.45, 7) is 0. The van der Waals surface area contributed by atoms with E-state index in [0.717, 1.165) is 0 Å². The number of allylic oxidation sites excluding steroid dienone is 2. The van der Waals surface area contributed by atoms with E-state index in [1.165, 1.54) is 12.1 Å². The molecule has 3 aromatic rings. The fourth-order valence-corrected chi connectivity index (χ4v) is 3.58. The number of nitrogens with two attached hydrogens (primary N) is 2. The van der Waals surface area contributed by atoms with Crippen LogP contribution in [0.4, 0.5) is 17.1 Å². The Hall–Kier alpha value is -4.40. The van der Waals surface area contributed by atoms with E-state index >= 15 is 0 Å². The first-order chi connectivity index (χ1) is 16.2. The number of nitrogen functional groups attached to an aromatic ring is 2. The summed E-state index contributed by atoms with van der Waals surface area (Å²) in [4.78, 5) is 25.2. The molecule has 8 N–H and O–H groups in total. The maximum absolute atomic E-state index is 12.6. The Morgan fingerprint density at radius 2 is 1.44 bits per heavy atom.